The monoisotopic (exact) mass is 265 g/mol. The molecule has 0 aromatic carbocycles. The smallest absolute Gasteiger partial charge is 0.147 e. The Hall–Kier alpha value is -0.820. The summed E-state index contributed by atoms with van der Waals surface area (Å²) >= 11 is 0. The molecule has 0 atom stereocenters. The van der Waals surface area contributed by atoms with Gasteiger partial charge in [0.05, 0.1) is 5.75 Å². The molecule has 0 amide bonds. The highest BCUT2D eigenvalue weighted by Gasteiger charge is 2.11. The molecule has 7 heteroatoms. The van der Waals surface area contributed by atoms with Gasteiger partial charge in [-0.2, -0.15) is 0 Å². The maximum Gasteiger partial charge on any atom is 0.147 e. The quantitative estimate of drug-likeness (QED) is 0.284. The SMILES string of the molecule is CC(C)N(CCCS(C)(=O)=O)CCC(N)=NO. The lowest BCUT2D eigenvalue weighted by Gasteiger charge is -2.26. The fraction of sp³-hybridized carbons (Fsp3) is 0.900. The molecule has 0 saturated heterocycles. The number of hydrogen-bond acceptors (Lipinski definition) is 5. The fourth-order valence-corrected chi connectivity index (χ4v) is 2.12. The average Bonchev–Trinajstić information content (AvgIpc) is 2.20. The van der Waals surface area contributed by atoms with E-state index in [2.05, 4.69) is 10.1 Å². The summed E-state index contributed by atoms with van der Waals surface area (Å²) in [6, 6.07) is 0.307. The first kappa shape index (κ1) is 16.2. The van der Waals surface area contributed by atoms with Crippen LogP contribution in [0.15, 0.2) is 5.16 Å². The second-order valence-corrected chi connectivity index (χ2v) is 6.71. The Morgan fingerprint density at radius 2 is 2.00 bits per heavy atom. The number of oxime groups is 1. The predicted molar refractivity (Wildman–Crippen MR) is 69.1 cm³/mol. The minimum atomic E-state index is -2.90. The number of nitrogens with zero attached hydrogens (tertiary/aromatic N) is 2. The van der Waals surface area contributed by atoms with Gasteiger partial charge in [-0.3, -0.25) is 0 Å². The van der Waals surface area contributed by atoms with E-state index in [-0.39, 0.29) is 11.6 Å². The molecule has 0 aromatic heterocycles. The Labute approximate surface area is 103 Å². The first-order chi connectivity index (χ1) is 7.76. The van der Waals surface area contributed by atoms with Crippen molar-refractivity contribution in [1.29, 1.82) is 0 Å². The zero-order chi connectivity index (χ0) is 13.5. The van der Waals surface area contributed by atoms with Gasteiger partial charge in [0.2, 0.25) is 0 Å². The zero-order valence-electron chi connectivity index (χ0n) is 10.8. The fourth-order valence-electron chi connectivity index (χ4n) is 1.47. The zero-order valence-corrected chi connectivity index (χ0v) is 11.6. The van der Waals surface area contributed by atoms with Crippen molar-refractivity contribution in [1.82, 2.24) is 4.90 Å². The van der Waals surface area contributed by atoms with Gasteiger partial charge in [-0.25, -0.2) is 8.42 Å². The van der Waals surface area contributed by atoms with E-state index in [0.29, 0.717) is 32.0 Å². The van der Waals surface area contributed by atoms with Crippen molar-refractivity contribution >= 4 is 15.7 Å². The van der Waals surface area contributed by atoms with E-state index < -0.39 is 9.84 Å². The first-order valence-corrected chi connectivity index (χ1v) is 7.70. The van der Waals surface area contributed by atoms with Crippen molar-refractivity contribution < 1.29 is 13.6 Å². The molecule has 0 saturated carbocycles. The summed E-state index contributed by atoms with van der Waals surface area (Å²) in [5, 5.41) is 11.3. The average molecular weight is 265 g/mol. The van der Waals surface area contributed by atoms with Crippen LogP contribution in [0.25, 0.3) is 0 Å². The molecule has 0 heterocycles. The number of nitrogens with two attached hydrogens (primary N) is 1. The van der Waals surface area contributed by atoms with E-state index >= 15 is 0 Å². The number of rotatable bonds is 8. The summed E-state index contributed by atoms with van der Waals surface area (Å²) in [6.45, 7) is 5.43. The first-order valence-electron chi connectivity index (χ1n) is 5.64. The van der Waals surface area contributed by atoms with Gasteiger partial charge < -0.3 is 15.8 Å². The van der Waals surface area contributed by atoms with E-state index in [1.807, 2.05) is 13.8 Å². The van der Waals surface area contributed by atoms with Crippen LogP contribution in [0.3, 0.4) is 0 Å². The normalized spacial score (nSPS) is 13.6. The lowest BCUT2D eigenvalue weighted by Crippen LogP contribution is -2.35. The van der Waals surface area contributed by atoms with Crippen LogP contribution in [0, 0.1) is 0 Å². The third-order valence-electron chi connectivity index (χ3n) is 2.47. The Kier molecular flexibility index (Phi) is 7.13. The highest BCUT2D eigenvalue weighted by atomic mass is 32.2. The molecule has 0 aliphatic rings. The van der Waals surface area contributed by atoms with Gasteiger partial charge >= 0.3 is 0 Å². The van der Waals surface area contributed by atoms with Gasteiger partial charge in [0.25, 0.3) is 0 Å². The van der Waals surface area contributed by atoms with E-state index in [0.717, 1.165) is 0 Å². The van der Waals surface area contributed by atoms with Gasteiger partial charge in [-0.1, -0.05) is 5.16 Å². The molecule has 0 aromatic rings. The number of sulfone groups is 1. The molecule has 0 aliphatic heterocycles. The highest BCUT2D eigenvalue weighted by molar-refractivity contribution is 7.90. The molecule has 17 heavy (non-hydrogen) atoms. The molecule has 0 unspecified atom stereocenters. The third-order valence-corrected chi connectivity index (χ3v) is 3.50. The Morgan fingerprint density at radius 3 is 2.41 bits per heavy atom. The van der Waals surface area contributed by atoms with Crippen LogP contribution in [0.5, 0.6) is 0 Å². The lowest BCUT2D eigenvalue weighted by atomic mass is 10.2. The van der Waals surface area contributed by atoms with E-state index in [4.69, 9.17) is 10.9 Å². The molecule has 3 N–H and O–H groups in total. The van der Waals surface area contributed by atoms with Crippen LogP contribution in [-0.4, -0.2) is 55.5 Å². The second-order valence-electron chi connectivity index (χ2n) is 4.45. The third kappa shape index (κ3) is 8.93. The minimum Gasteiger partial charge on any atom is -0.409 e. The van der Waals surface area contributed by atoms with E-state index in [1.54, 1.807) is 0 Å². The Bertz CT molecular complexity index is 339. The summed E-state index contributed by atoms with van der Waals surface area (Å²) in [7, 11) is -2.90. The summed E-state index contributed by atoms with van der Waals surface area (Å²) in [6.07, 6.45) is 2.32. The maximum atomic E-state index is 11.0. The number of hydrogen-bond donors (Lipinski definition) is 2. The standard InChI is InChI=1S/C10H23N3O3S/c1-9(2)13(7-5-10(11)12-14)6-4-8-17(3,15)16/h9,14H,4-8H2,1-3H3,(H2,11,12). The topological polar surface area (TPSA) is 96.0 Å². The van der Waals surface area contributed by atoms with E-state index in [9.17, 15) is 8.42 Å². The molecule has 0 fully saturated rings. The van der Waals surface area contributed by atoms with Crippen LogP contribution in [0.4, 0.5) is 0 Å². The van der Waals surface area contributed by atoms with Crippen molar-refractivity contribution in [3.05, 3.63) is 0 Å². The Balaban J connectivity index is 4.08. The maximum absolute atomic E-state index is 11.0. The van der Waals surface area contributed by atoms with Crippen molar-refractivity contribution in [2.75, 3.05) is 25.1 Å². The van der Waals surface area contributed by atoms with Gasteiger partial charge in [0, 0.05) is 25.3 Å². The largest absolute Gasteiger partial charge is 0.409 e. The van der Waals surface area contributed by atoms with Crippen LogP contribution in [0.1, 0.15) is 26.7 Å². The van der Waals surface area contributed by atoms with E-state index in [1.165, 1.54) is 6.26 Å². The summed E-state index contributed by atoms with van der Waals surface area (Å²) < 4.78 is 22.0. The molecule has 0 radical (unpaired) electrons. The van der Waals surface area contributed by atoms with Crippen molar-refractivity contribution in [2.45, 2.75) is 32.7 Å². The molecule has 0 aliphatic carbocycles. The lowest BCUT2D eigenvalue weighted by molar-refractivity contribution is 0.227. The molecule has 0 spiro atoms. The van der Waals surface area contributed by atoms with Gasteiger partial charge in [-0.15, -0.1) is 0 Å². The summed E-state index contributed by atoms with van der Waals surface area (Å²) in [5.74, 6) is 0.388. The summed E-state index contributed by atoms with van der Waals surface area (Å²) in [4.78, 5) is 2.11. The van der Waals surface area contributed by atoms with Crippen molar-refractivity contribution in [3.8, 4) is 0 Å². The molecule has 6 nitrogen and oxygen atoms in total. The molecular formula is C10H23N3O3S. The van der Waals surface area contributed by atoms with Crippen LogP contribution in [0.2, 0.25) is 0 Å². The van der Waals surface area contributed by atoms with Crippen molar-refractivity contribution in [2.24, 2.45) is 10.9 Å². The molecule has 102 valence electrons. The van der Waals surface area contributed by atoms with Gasteiger partial charge in [0.1, 0.15) is 15.7 Å². The molecule has 0 rings (SSSR count). The van der Waals surface area contributed by atoms with Crippen LogP contribution in [-0.2, 0) is 9.84 Å². The van der Waals surface area contributed by atoms with Crippen molar-refractivity contribution in [3.63, 3.8) is 0 Å². The summed E-state index contributed by atoms with van der Waals surface area (Å²) in [5.41, 5.74) is 5.40. The Morgan fingerprint density at radius 1 is 1.41 bits per heavy atom. The van der Waals surface area contributed by atoms with Gasteiger partial charge in [-0.05, 0) is 26.8 Å². The molecule has 0 bridgehead atoms. The minimum absolute atomic E-state index is 0.193. The predicted octanol–water partition coefficient (Wildman–Crippen LogP) is 0.268. The molecular weight excluding hydrogens is 242 g/mol. The van der Waals surface area contributed by atoms with Crippen LogP contribution < -0.4 is 5.73 Å². The highest BCUT2D eigenvalue weighted by Crippen LogP contribution is 2.02. The second kappa shape index (κ2) is 7.50. The van der Waals surface area contributed by atoms with Crippen LogP contribution >= 0.6 is 0 Å². The number of amidine groups is 1. The van der Waals surface area contributed by atoms with Gasteiger partial charge in [0.15, 0.2) is 0 Å².